The van der Waals surface area contributed by atoms with Crippen LogP contribution in [0.25, 0.3) is 0 Å². The van der Waals surface area contributed by atoms with Gasteiger partial charge in [-0.15, -0.1) is 0 Å². The van der Waals surface area contributed by atoms with Crippen molar-refractivity contribution in [3.8, 4) is 0 Å². The van der Waals surface area contributed by atoms with E-state index in [0.717, 1.165) is 12.0 Å². The molecule has 0 bridgehead atoms. The lowest BCUT2D eigenvalue weighted by Crippen LogP contribution is -2.53. The van der Waals surface area contributed by atoms with Crippen molar-refractivity contribution in [3.63, 3.8) is 0 Å². The van der Waals surface area contributed by atoms with Gasteiger partial charge in [-0.25, -0.2) is 12.7 Å². The number of hydrogen-bond donors (Lipinski definition) is 1. The van der Waals surface area contributed by atoms with Crippen molar-refractivity contribution >= 4 is 27.7 Å². The summed E-state index contributed by atoms with van der Waals surface area (Å²) in [6.45, 7) is 4.96. The lowest BCUT2D eigenvalue weighted by atomic mass is 10.1. The van der Waals surface area contributed by atoms with E-state index >= 15 is 0 Å². The number of carbonyl (C=O) groups is 3. The Labute approximate surface area is 194 Å². The van der Waals surface area contributed by atoms with Crippen LogP contribution < -0.4 is 5.32 Å². The van der Waals surface area contributed by atoms with Gasteiger partial charge in [-0.1, -0.05) is 49.4 Å². The van der Waals surface area contributed by atoms with E-state index in [1.807, 2.05) is 44.2 Å². The maximum atomic E-state index is 13.3. The Morgan fingerprint density at radius 2 is 1.67 bits per heavy atom. The fourth-order valence-electron chi connectivity index (χ4n) is 3.64. The summed E-state index contributed by atoms with van der Waals surface area (Å²) in [6.07, 6.45) is 1.21. The quantitative estimate of drug-likeness (QED) is 0.604. The molecule has 33 heavy (non-hydrogen) atoms. The van der Waals surface area contributed by atoms with Crippen LogP contribution in [-0.2, 0) is 26.0 Å². The predicted octanol–water partition coefficient (Wildman–Crippen LogP) is 2.21. The molecule has 2 atom stereocenters. The highest BCUT2D eigenvalue weighted by Gasteiger charge is 2.43. The number of nitrogens with zero attached hydrogens (tertiary/aromatic N) is 2. The number of benzene rings is 2. The molecule has 3 amide bonds. The van der Waals surface area contributed by atoms with E-state index in [9.17, 15) is 22.8 Å². The van der Waals surface area contributed by atoms with Gasteiger partial charge < -0.3 is 10.2 Å². The molecule has 0 saturated carbocycles. The summed E-state index contributed by atoms with van der Waals surface area (Å²) in [4.78, 5) is 40.0. The van der Waals surface area contributed by atoms with Gasteiger partial charge in [0.25, 0.3) is 15.9 Å². The van der Waals surface area contributed by atoms with E-state index in [4.69, 9.17) is 0 Å². The zero-order valence-corrected chi connectivity index (χ0v) is 19.8. The molecule has 0 aromatic heterocycles. The summed E-state index contributed by atoms with van der Waals surface area (Å²) in [6, 6.07) is 14.5. The van der Waals surface area contributed by atoms with E-state index in [-0.39, 0.29) is 29.0 Å². The summed E-state index contributed by atoms with van der Waals surface area (Å²) in [5.41, 5.74) is 1.02. The first-order chi connectivity index (χ1) is 15.7. The minimum Gasteiger partial charge on any atom is -0.352 e. The van der Waals surface area contributed by atoms with Crippen LogP contribution in [0.2, 0.25) is 0 Å². The number of fused-ring (bicyclic) bond motifs is 1. The zero-order chi connectivity index (χ0) is 24.2. The summed E-state index contributed by atoms with van der Waals surface area (Å²) in [7, 11) is -4.12. The minimum absolute atomic E-state index is 0.0451. The van der Waals surface area contributed by atoms with Gasteiger partial charge >= 0.3 is 0 Å². The molecule has 0 unspecified atom stereocenters. The molecule has 1 heterocycles. The fraction of sp³-hybridized carbons (Fsp3) is 0.375. The van der Waals surface area contributed by atoms with Gasteiger partial charge in [-0.05, 0) is 44.4 Å². The van der Waals surface area contributed by atoms with Crippen LogP contribution >= 0.6 is 0 Å². The monoisotopic (exact) mass is 471 g/mol. The van der Waals surface area contributed by atoms with Crippen molar-refractivity contribution in [1.29, 1.82) is 0 Å². The predicted molar refractivity (Wildman–Crippen MR) is 124 cm³/mol. The standard InChI is InChI=1S/C24H29N3O5S/c1-4-17(2)25-23(29)18(3)26(15-14-19-10-6-5-7-11-19)22(28)16-27-24(30)20-12-8-9-13-21(20)33(27,31)32/h5-13,17-18H,4,14-16H2,1-3H3,(H,25,29)/t17-,18-/m1/s1. The molecule has 0 saturated heterocycles. The average Bonchev–Trinajstić information content (AvgIpc) is 3.00. The van der Waals surface area contributed by atoms with E-state index in [1.54, 1.807) is 13.0 Å². The van der Waals surface area contributed by atoms with Crippen LogP contribution in [0.1, 0.15) is 43.1 Å². The first-order valence-electron chi connectivity index (χ1n) is 11.0. The van der Waals surface area contributed by atoms with Gasteiger partial charge in [-0.2, -0.15) is 0 Å². The molecule has 0 radical (unpaired) electrons. The molecule has 1 aliphatic heterocycles. The molecule has 9 heteroatoms. The molecule has 8 nitrogen and oxygen atoms in total. The van der Waals surface area contributed by atoms with Gasteiger partial charge in [0.05, 0.1) is 5.56 Å². The van der Waals surface area contributed by atoms with Crippen molar-refractivity contribution in [2.24, 2.45) is 0 Å². The Morgan fingerprint density at radius 3 is 2.30 bits per heavy atom. The van der Waals surface area contributed by atoms with Crippen molar-refractivity contribution < 1.29 is 22.8 Å². The van der Waals surface area contributed by atoms with E-state index in [2.05, 4.69) is 5.32 Å². The van der Waals surface area contributed by atoms with Gasteiger partial charge in [0.2, 0.25) is 11.8 Å². The molecule has 3 rings (SSSR count). The maximum Gasteiger partial charge on any atom is 0.269 e. The number of hydrogen-bond acceptors (Lipinski definition) is 5. The summed E-state index contributed by atoms with van der Waals surface area (Å²) in [5, 5.41) is 2.86. The van der Waals surface area contributed by atoms with Gasteiger partial charge in [0, 0.05) is 12.6 Å². The van der Waals surface area contributed by atoms with Crippen LogP contribution in [0.5, 0.6) is 0 Å². The first kappa shape index (κ1) is 24.4. The van der Waals surface area contributed by atoms with Gasteiger partial charge in [0.1, 0.15) is 17.5 Å². The second-order valence-corrected chi connectivity index (χ2v) is 9.96. The summed E-state index contributed by atoms with van der Waals surface area (Å²) < 4.78 is 26.3. The molecule has 2 aromatic carbocycles. The Hall–Kier alpha value is -3.20. The molecule has 176 valence electrons. The van der Waals surface area contributed by atoms with E-state index in [1.165, 1.54) is 23.1 Å². The van der Waals surface area contributed by atoms with Crippen LogP contribution in [0.15, 0.2) is 59.5 Å². The van der Waals surface area contributed by atoms with Crippen LogP contribution in [0, 0.1) is 0 Å². The second-order valence-electron chi connectivity index (χ2n) is 8.13. The van der Waals surface area contributed by atoms with Crippen molar-refractivity contribution in [2.45, 2.75) is 50.6 Å². The minimum atomic E-state index is -4.12. The molecular weight excluding hydrogens is 442 g/mol. The first-order valence-corrected chi connectivity index (χ1v) is 12.4. The molecule has 2 aromatic rings. The number of carbonyl (C=O) groups excluding carboxylic acids is 3. The highest BCUT2D eigenvalue weighted by Crippen LogP contribution is 2.29. The average molecular weight is 472 g/mol. The van der Waals surface area contributed by atoms with E-state index < -0.39 is 34.4 Å². The summed E-state index contributed by atoms with van der Waals surface area (Å²) in [5.74, 6) is -1.68. The number of nitrogens with one attached hydrogen (secondary N) is 1. The van der Waals surface area contributed by atoms with Gasteiger partial charge in [0.15, 0.2) is 0 Å². The SMILES string of the molecule is CC[C@@H](C)NC(=O)[C@@H](C)N(CCc1ccccc1)C(=O)CN1C(=O)c2ccccc2S1(=O)=O. The lowest BCUT2D eigenvalue weighted by Gasteiger charge is -2.30. The highest BCUT2D eigenvalue weighted by molar-refractivity contribution is 7.90. The molecule has 0 fully saturated rings. The number of amides is 3. The second kappa shape index (κ2) is 10.2. The van der Waals surface area contributed by atoms with Crippen molar-refractivity contribution in [2.75, 3.05) is 13.1 Å². The van der Waals surface area contributed by atoms with Crippen LogP contribution in [0.4, 0.5) is 0 Å². The number of sulfonamides is 1. The normalized spacial score (nSPS) is 16.1. The van der Waals surface area contributed by atoms with Crippen molar-refractivity contribution in [1.82, 2.24) is 14.5 Å². The third kappa shape index (κ3) is 5.24. The summed E-state index contributed by atoms with van der Waals surface area (Å²) >= 11 is 0. The Balaban J connectivity index is 1.82. The lowest BCUT2D eigenvalue weighted by molar-refractivity contribution is -0.140. The largest absolute Gasteiger partial charge is 0.352 e. The molecule has 0 spiro atoms. The van der Waals surface area contributed by atoms with Crippen LogP contribution in [-0.4, -0.2) is 60.5 Å². The topological polar surface area (TPSA) is 104 Å². The van der Waals surface area contributed by atoms with Crippen LogP contribution in [0.3, 0.4) is 0 Å². The molecular formula is C24H29N3O5S. The Bertz CT molecular complexity index is 1130. The Morgan fingerprint density at radius 1 is 1.03 bits per heavy atom. The molecule has 0 aliphatic carbocycles. The maximum absolute atomic E-state index is 13.3. The van der Waals surface area contributed by atoms with Crippen molar-refractivity contribution in [3.05, 3.63) is 65.7 Å². The Kier molecular flexibility index (Phi) is 7.53. The smallest absolute Gasteiger partial charge is 0.269 e. The number of rotatable bonds is 9. The van der Waals surface area contributed by atoms with Gasteiger partial charge in [-0.3, -0.25) is 14.4 Å². The molecule has 1 aliphatic rings. The third-order valence-corrected chi connectivity index (χ3v) is 7.63. The highest BCUT2D eigenvalue weighted by atomic mass is 32.2. The zero-order valence-electron chi connectivity index (χ0n) is 19.0. The fourth-order valence-corrected chi connectivity index (χ4v) is 5.15. The third-order valence-electron chi connectivity index (χ3n) is 5.84. The van der Waals surface area contributed by atoms with E-state index in [0.29, 0.717) is 10.7 Å². The molecule has 1 N–H and O–H groups in total.